The number of carbonyl (C=O) groups excluding carboxylic acids is 1. The minimum atomic E-state index is 0.801. The molecule has 1 aliphatic carbocycles. The van der Waals surface area contributed by atoms with E-state index in [2.05, 4.69) is 36.7 Å². The highest BCUT2D eigenvalue weighted by molar-refractivity contribution is 5.97. The monoisotopic (exact) mass is 285 g/mol. The van der Waals surface area contributed by atoms with E-state index in [1.54, 1.807) is 0 Å². The van der Waals surface area contributed by atoms with Crippen LogP contribution in [0, 0.1) is 5.92 Å². The average molecular weight is 285 g/mol. The molecule has 1 fully saturated rings. The van der Waals surface area contributed by atoms with E-state index in [4.69, 9.17) is 0 Å². The smallest absolute Gasteiger partial charge is 0.150 e. The summed E-state index contributed by atoms with van der Waals surface area (Å²) >= 11 is 0. The summed E-state index contributed by atoms with van der Waals surface area (Å²) in [4.78, 5) is 11.0. The molecule has 0 aliphatic heterocycles. The quantitative estimate of drug-likeness (QED) is 0.687. The Morgan fingerprint density at radius 3 is 2.52 bits per heavy atom. The fourth-order valence-corrected chi connectivity index (χ4v) is 3.16. The Kier molecular flexibility index (Phi) is 6.04. The fraction of sp³-hybridized carbons (Fsp3) is 0.526. The van der Waals surface area contributed by atoms with E-state index in [0.717, 1.165) is 29.7 Å². The first-order valence-corrected chi connectivity index (χ1v) is 8.33. The van der Waals surface area contributed by atoms with Gasteiger partial charge in [-0.3, -0.25) is 4.79 Å². The van der Waals surface area contributed by atoms with Crippen LogP contribution in [0.25, 0.3) is 10.9 Å². The third kappa shape index (κ3) is 3.96. The third-order valence-corrected chi connectivity index (χ3v) is 4.15. The molecule has 1 aromatic carbocycles. The Morgan fingerprint density at radius 2 is 1.86 bits per heavy atom. The Hall–Kier alpha value is -1.57. The first-order valence-electron chi connectivity index (χ1n) is 8.33. The SMILES string of the molecule is CCC.O=Cc1cccc2c1ccn2CC1CCCCC1. The molecule has 2 aromatic rings. The normalized spacial score (nSPS) is 15.5. The molecule has 0 radical (unpaired) electrons. The molecule has 0 spiro atoms. The largest absolute Gasteiger partial charge is 0.347 e. The molecular weight excluding hydrogens is 258 g/mol. The van der Waals surface area contributed by atoms with Crippen LogP contribution in [0.3, 0.4) is 0 Å². The van der Waals surface area contributed by atoms with Gasteiger partial charge in [0.1, 0.15) is 0 Å². The van der Waals surface area contributed by atoms with Crippen molar-refractivity contribution in [2.24, 2.45) is 5.92 Å². The van der Waals surface area contributed by atoms with Gasteiger partial charge in [-0.15, -0.1) is 0 Å². The van der Waals surface area contributed by atoms with Gasteiger partial charge < -0.3 is 4.57 Å². The zero-order valence-electron chi connectivity index (χ0n) is 13.3. The lowest BCUT2D eigenvalue weighted by Gasteiger charge is -2.22. The lowest BCUT2D eigenvalue weighted by atomic mass is 9.89. The molecule has 1 aromatic heterocycles. The van der Waals surface area contributed by atoms with Crippen LogP contribution in [-0.2, 0) is 6.54 Å². The maximum absolute atomic E-state index is 11.0. The maximum atomic E-state index is 11.0. The van der Waals surface area contributed by atoms with E-state index in [0.29, 0.717) is 0 Å². The van der Waals surface area contributed by atoms with Crippen molar-refractivity contribution >= 4 is 17.2 Å². The number of fused-ring (bicyclic) bond motifs is 1. The highest BCUT2D eigenvalue weighted by atomic mass is 16.1. The molecule has 3 rings (SSSR count). The van der Waals surface area contributed by atoms with E-state index in [1.165, 1.54) is 44.0 Å². The summed E-state index contributed by atoms with van der Waals surface area (Å²) in [6, 6.07) is 8.05. The summed E-state index contributed by atoms with van der Waals surface area (Å²) in [6.45, 7) is 5.35. The number of nitrogens with zero attached hydrogens (tertiary/aromatic N) is 1. The third-order valence-electron chi connectivity index (χ3n) is 4.15. The second-order valence-corrected chi connectivity index (χ2v) is 6.08. The van der Waals surface area contributed by atoms with Gasteiger partial charge in [0.05, 0.1) is 0 Å². The number of rotatable bonds is 3. The summed E-state index contributed by atoms with van der Waals surface area (Å²) < 4.78 is 2.32. The maximum Gasteiger partial charge on any atom is 0.150 e. The van der Waals surface area contributed by atoms with E-state index < -0.39 is 0 Å². The summed E-state index contributed by atoms with van der Waals surface area (Å²) in [5, 5.41) is 1.09. The molecule has 0 unspecified atom stereocenters. The van der Waals surface area contributed by atoms with Gasteiger partial charge in [-0.2, -0.15) is 0 Å². The van der Waals surface area contributed by atoms with Gasteiger partial charge in [-0.25, -0.2) is 0 Å². The molecule has 2 nitrogen and oxygen atoms in total. The number of hydrogen-bond donors (Lipinski definition) is 0. The zero-order chi connectivity index (χ0) is 15.1. The van der Waals surface area contributed by atoms with Gasteiger partial charge >= 0.3 is 0 Å². The van der Waals surface area contributed by atoms with E-state index in [-0.39, 0.29) is 0 Å². The van der Waals surface area contributed by atoms with Crippen molar-refractivity contribution in [3.63, 3.8) is 0 Å². The van der Waals surface area contributed by atoms with Crippen LogP contribution in [0.5, 0.6) is 0 Å². The predicted octanol–water partition coefficient (Wildman–Crippen LogP) is 5.45. The average Bonchev–Trinajstić information content (AvgIpc) is 2.92. The van der Waals surface area contributed by atoms with Crippen LogP contribution in [0.15, 0.2) is 30.5 Å². The van der Waals surface area contributed by atoms with Crippen LogP contribution in [-0.4, -0.2) is 10.9 Å². The molecule has 0 amide bonds. The minimum Gasteiger partial charge on any atom is -0.347 e. The van der Waals surface area contributed by atoms with Crippen LogP contribution < -0.4 is 0 Å². The van der Waals surface area contributed by atoms with Crippen molar-refractivity contribution in [3.05, 3.63) is 36.0 Å². The number of aldehydes is 1. The Morgan fingerprint density at radius 1 is 1.14 bits per heavy atom. The molecule has 0 atom stereocenters. The van der Waals surface area contributed by atoms with E-state index in [1.807, 2.05) is 12.1 Å². The number of hydrogen-bond acceptors (Lipinski definition) is 1. The van der Waals surface area contributed by atoms with Gasteiger partial charge in [-0.05, 0) is 30.9 Å². The van der Waals surface area contributed by atoms with Crippen molar-refractivity contribution in [3.8, 4) is 0 Å². The lowest BCUT2D eigenvalue weighted by molar-refractivity contribution is 0.112. The van der Waals surface area contributed by atoms with Gasteiger partial charge in [0.2, 0.25) is 0 Å². The fourth-order valence-electron chi connectivity index (χ4n) is 3.16. The molecule has 1 aliphatic rings. The van der Waals surface area contributed by atoms with Crippen molar-refractivity contribution in [1.29, 1.82) is 0 Å². The summed E-state index contributed by atoms with van der Waals surface area (Å²) in [5.74, 6) is 0.814. The van der Waals surface area contributed by atoms with E-state index >= 15 is 0 Å². The van der Waals surface area contributed by atoms with Crippen molar-refractivity contribution in [2.75, 3.05) is 0 Å². The standard InChI is InChI=1S/C16H19NO.C3H8/c18-12-14-7-4-8-16-15(14)9-10-17(16)11-13-5-2-1-3-6-13;1-3-2/h4,7-10,12-13H,1-3,5-6,11H2;3H2,1-2H3. The van der Waals surface area contributed by atoms with E-state index in [9.17, 15) is 4.79 Å². The molecule has 2 heteroatoms. The number of carbonyl (C=O) groups is 1. The molecule has 0 N–H and O–H groups in total. The van der Waals surface area contributed by atoms with Gasteiger partial charge in [0.25, 0.3) is 0 Å². The van der Waals surface area contributed by atoms with Gasteiger partial charge in [-0.1, -0.05) is 51.7 Å². The van der Waals surface area contributed by atoms with Crippen LogP contribution in [0.1, 0.15) is 62.7 Å². The summed E-state index contributed by atoms with van der Waals surface area (Å²) in [6.07, 6.45) is 11.2. The second-order valence-electron chi connectivity index (χ2n) is 6.08. The summed E-state index contributed by atoms with van der Waals surface area (Å²) in [5.41, 5.74) is 2.00. The molecule has 114 valence electrons. The Bertz CT molecular complexity index is 564. The minimum absolute atomic E-state index is 0.801. The number of benzene rings is 1. The molecule has 0 saturated heterocycles. The van der Waals surface area contributed by atoms with Gasteiger partial charge in [0.15, 0.2) is 6.29 Å². The second kappa shape index (κ2) is 8.02. The van der Waals surface area contributed by atoms with Crippen LogP contribution in [0.2, 0.25) is 0 Å². The summed E-state index contributed by atoms with van der Waals surface area (Å²) in [7, 11) is 0. The molecular formula is C19H27NO. The Labute approximate surface area is 128 Å². The first kappa shape index (κ1) is 15.8. The first-order chi connectivity index (χ1) is 10.3. The molecule has 21 heavy (non-hydrogen) atoms. The zero-order valence-corrected chi connectivity index (χ0v) is 13.3. The molecule has 1 saturated carbocycles. The van der Waals surface area contributed by atoms with Crippen molar-refractivity contribution in [1.82, 2.24) is 4.57 Å². The topological polar surface area (TPSA) is 22.0 Å². The predicted molar refractivity (Wildman–Crippen MR) is 89.9 cm³/mol. The molecule has 1 heterocycles. The highest BCUT2D eigenvalue weighted by Crippen LogP contribution is 2.27. The molecule has 0 bridgehead atoms. The van der Waals surface area contributed by atoms with Gasteiger partial charge in [0, 0.05) is 29.2 Å². The Balaban J connectivity index is 0.000000497. The van der Waals surface area contributed by atoms with Crippen LogP contribution >= 0.6 is 0 Å². The van der Waals surface area contributed by atoms with Crippen LogP contribution in [0.4, 0.5) is 0 Å². The lowest BCUT2D eigenvalue weighted by Crippen LogP contribution is -2.13. The van der Waals surface area contributed by atoms with Crippen molar-refractivity contribution in [2.45, 2.75) is 58.9 Å². The number of aromatic nitrogens is 1. The van der Waals surface area contributed by atoms with Crippen molar-refractivity contribution < 1.29 is 4.79 Å². The highest BCUT2D eigenvalue weighted by Gasteiger charge is 2.15.